The van der Waals surface area contributed by atoms with E-state index < -0.39 is 0 Å². The van der Waals surface area contributed by atoms with Gasteiger partial charge in [0, 0.05) is 77.1 Å². The van der Waals surface area contributed by atoms with Crippen LogP contribution in [0.4, 0.5) is 0 Å². The first-order valence-corrected chi connectivity index (χ1v) is 13.4. The number of aryl methyl sites for hydroxylation is 1. The lowest BCUT2D eigenvalue weighted by atomic mass is 9.93. The van der Waals surface area contributed by atoms with Crippen LogP contribution in [0.2, 0.25) is 0 Å². The molecule has 190 valence electrons. The summed E-state index contributed by atoms with van der Waals surface area (Å²) in [5.74, 6) is 0.911. The van der Waals surface area contributed by atoms with Crippen LogP contribution < -0.4 is 0 Å². The number of para-hydroxylation sites is 2. The van der Waals surface area contributed by atoms with Crippen LogP contribution in [-0.2, 0) is 7.05 Å². The highest BCUT2D eigenvalue weighted by Crippen LogP contribution is 2.42. The molecule has 0 radical (unpaired) electrons. The molecule has 0 amide bonds. The number of ketones is 2. The third-order valence-electron chi connectivity index (χ3n) is 8.35. The Morgan fingerprint density at radius 1 is 0.615 bits per heavy atom. The first-order valence-electron chi connectivity index (χ1n) is 13.4. The van der Waals surface area contributed by atoms with E-state index in [2.05, 4.69) is 71.3 Å². The molecule has 2 aromatic heterocycles. The maximum absolute atomic E-state index is 12.2. The van der Waals surface area contributed by atoms with Gasteiger partial charge in [-0.2, -0.15) is 0 Å². The predicted octanol–water partition coefficient (Wildman–Crippen LogP) is 7.78. The molecule has 1 N–H and O–H groups in total. The van der Waals surface area contributed by atoms with E-state index in [9.17, 15) is 9.59 Å². The first kappa shape index (κ1) is 23.4. The van der Waals surface area contributed by atoms with Crippen molar-refractivity contribution in [1.82, 2.24) is 9.55 Å². The third-order valence-corrected chi connectivity index (χ3v) is 8.35. The Labute approximate surface area is 226 Å². The van der Waals surface area contributed by atoms with Crippen LogP contribution >= 0.6 is 0 Å². The molecule has 0 spiro atoms. The number of carbonyl (C=O) groups excluding carboxylic acids is 2. The van der Waals surface area contributed by atoms with E-state index in [0.717, 1.165) is 22.2 Å². The minimum Gasteiger partial charge on any atom is -0.361 e. The SMILES string of the molecule is Cn1cc(C2CC(=O)c3ccccc32)c2ccccc21.O=C1CC(c2c[nH]c3ccccc23)c2ccccc21. The highest BCUT2D eigenvalue weighted by atomic mass is 16.1. The van der Waals surface area contributed by atoms with Gasteiger partial charge in [-0.05, 0) is 34.4 Å². The van der Waals surface area contributed by atoms with E-state index in [1.54, 1.807) is 0 Å². The number of H-pyrrole nitrogens is 1. The number of Topliss-reactive ketones (excluding diaryl/α,β-unsaturated/α-hetero) is 2. The van der Waals surface area contributed by atoms with Crippen LogP contribution in [0.15, 0.2) is 109 Å². The highest BCUT2D eigenvalue weighted by molar-refractivity contribution is 6.03. The van der Waals surface area contributed by atoms with Crippen molar-refractivity contribution < 1.29 is 9.59 Å². The Morgan fingerprint density at radius 2 is 1.15 bits per heavy atom. The van der Waals surface area contributed by atoms with Crippen LogP contribution in [0.1, 0.15) is 67.6 Å². The molecule has 6 aromatic rings. The molecule has 4 nitrogen and oxygen atoms in total. The van der Waals surface area contributed by atoms with Crippen LogP contribution in [0.25, 0.3) is 21.8 Å². The Hall–Kier alpha value is -4.70. The average Bonchev–Trinajstić information content (AvgIpc) is 3.73. The van der Waals surface area contributed by atoms with Gasteiger partial charge < -0.3 is 9.55 Å². The zero-order chi connectivity index (χ0) is 26.5. The van der Waals surface area contributed by atoms with Gasteiger partial charge >= 0.3 is 0 Å². The van der Waals surface area contributed by atoms with Gasteiger partial charge in [0.25, 0.3) is 0 Å². The lowest BCUT2D eigenvalue weighted by molar-refractivity contribution is 0.0983. The summed E-state index contributed by atoms with van der Waals surface area (Å²) >= 11 is 0. The van der Waals surface area contributed by atoms with Crippen molar-refractivity contribution in [3.05, 3.63) is 143 Å². The second-order valence-corrected chi connectivity index (χ2v) is 10.5. The number of aromatic nitrogens is 2. The summed E-state index contributed by atoms with van der Waals surface area (Å²) in [5.41, 5.74) is 8.97. The Bertz CT molecular complexity index is 1890. The third kappa shape index (κ3) is 3.83. The number of rotatable bonds is 2. The van der Waals surface area contributed by atoms with Gasteiger partial charge in [-0.3, -0.25) is 9.59 Å². The second-order valence-electron chi connectivity index (χ2n) is 10.5. The monoisotopic (exact) mass is 508 g/mol. The van der Waals surface area contributed by atoms with Gasteiger partial charge in [-0.1, -0.05) is 84.9 Å². The summed E-state index contributed by atoms with van der Waals surface area (Å²) in [6.07, 6.45) is 5.39. The minimum atomic E-state index is 0.194. The molecular formula is C35H28N2O2. The fraction of sp³-hybridized carbons (Fsp3) is 0.143. The van der Waals surface area contributed by atoms with Crippen molar-refractivity contribution in [2.45, 2.75) is 24.7 Å². The largest absolute Gasteiger partial charge is 0.361 e. The number of hydrogen-bond donors (Lipinski definition) is 1. The average molecular weight is 509 g/mol. The molecular weight excluding hydrogens is 480 g/mol. The van der Waals surface area contributed by atoms with Crippen molar-refractivity contribution in [3.63, 3.8) is 0 Å². The Kier molecular flexibility index (Phi) is 5.55. The maximum Gasteiger partial charge on any atom is 0.164 e. The molecule has 2 aliphatic rings. The first-order chi connectivity index (χ1) is 19.1. The normalized spacial score (nSPS) is 17.8. The zero-order valence-electron chi connectivity index (χ0n) is 21.7. The molecule has 2 unspecified atom stereocenters. The summed E-state index contributed by atoms with van der Waals surface area (Å²) in [5, 5.41) is 2.47. The summed E-state index contributed by atoms with van der Waals surface area (Å²) in [6.45, 7) is 0. The van der Waals surface area contributed by atoms with Crippen molar-refractivity contribution in [2.24, 2.45) is 7.05 Å². The van der Waals surface area contributed by atoms with Gasteiger partial charge in [0.2, 0.25) is 0 Å². The molecule has 8 rings (SSSR count). The highest BCUT2D eigenvalue weighted by Gasteiger charge is 2.32. The lowest BCUT2D eigenvalue weighted by Gasteiger charge is -2.09. The molecule has 0 aliphatic heterocycles. The topological polar surface area (TPSA) is 54.9 Å². The van der Waals surface area contributed by atoms with Gasteiger partial charge in [0.15, 0.2) is 11.6 Å². The van der Waals surface area contributed by atoms with E-state index in [1.165, 1.54) is 33.0 Å². The molecule has 0 saturated carbocycles. The quantitative estimate of drug-likeness (QED) is 0.260. The Balaban J connectivity index is 0.000000130. The predicted molar refractivity (Wildman–Crippen MR) is 156 cm³/mol. The molecule has 2 aliphatic carbocycles. The fourth-order valence-electron chi connectivity index (χ4n) is 6.51. The number of nitrogens with zero attached hydrogens (tertiary/aromatic N) is 1. The van der Waals surface area contributed by atoms with Crippen LogP contribution in [0.3, 0.4) is 0 Å². The van der Waals surface area contributed by atoms with Gasteiger partial charge in [0.1, 0.15) is 0 Å². The number of hydrogen-bond acceptors (Lipinski definition) is 2. The number of nitrogens with one attached hydrogen (secondary N) is 1. The lowest BCUT2D eigenvalue weighted by Crippen LogP contribution is -1.95. The van der Waals surface area contributed by atoms with E-state index in [1.807, 2.05) is 54.7 Å². The van der Waals surface area contributed by atoms with Crippen molar-refractivity contribution in [1.29, 1.82) is 0 Å². The van der Waals surface area contributed by atoms with Crippen molar-refractivity contribution >= 4 is 33.4 Å². The molecule has 2 heterocycles. The molecule has 2 atom stereocenters. The van der Waals surface area contributed by atoms with E-state index in [-0.39, 0.29) is 23.4 Å². The van der Waals surface area contributed by atoms with Crippen molar-refractivity contribution in [2.75, 3.05) is 0 Å². The summed E-state index contributed by atoms with van der Waals surface area (Å²) < 4.78 is 2.15. The summed E-state index contributed by atoms with van der Waals surface area (Å²) in [4.78, 5) is 27.6. The standard InChI is InChI=1S/C18H15NO.C17H13NO/c1-19-11-16(13-7-4-5-9-17(13)19)15-10-18(20)14-8-3-2-6-12(14)15;19-17-9-14(11-5-1-2-7-13(11)17)15-10-18-16-8-4-3-6-12(15)16/h2-9,11,15H,10H2,1H3;1-8,10,14,18H,9H2. The summed E-state index contributed by atoms with van der Waals surface area (Å²) in [6, 6.07) is 32.6. The molecule has 0 saturated heterocycles. The van der Waals surface area contributed by atoms with Gasteiger partial charge in [-0.25, -0.2) is 0 Å². The smallest absolute Gasteiger partial charge is 0.164 e. The zero-order valence-corrected chi connectivity index (χ0v) is 21.7. The molecule has 4 aromatic carbocycles. The Morgan fingerprint density at radius 3 is 1.85 bits per heavy atom. The van der Waals surface area contributed by atoms with Gasteiger partial charge in [-0.15, -0.1) is 0 Å². The molecule has 0 bridgehead atoms. The molecule has 4 heteroatoms. The van der Waals surface area contributed by atoms with E-state index in [0.29, 0.717) is 12.8 Å². The van der Waals surface area contributed by atoms with Crippen LogP contribution in [0, 0.1) is 0 Å². The maximum atomic E-state index is 12.2. The van der Waals surface area contributed by atoms with Crippen LogP contribution in [-0.4, -0.2) is 21.1 Å². The number of benzene rings is 4. The van der Waals surface area contributed by atoms with Crippen molar-refractivity contribution in [3.8, 4) is 0 Å². The summed E-state index contributed by atoms with van der Waals surface area (Å²) in [7, 11) is 2.06. The van der Waals surface area contributed by atoms with Gasteiger partial charge in [0.05, 0.1) is 0 Å². The molecule has 0 fully saturated rings. The van der Waals surface area contributed by atoms with Crippen LogP contribution in [0.5, 0.6) is 0 Å². The number of aromatic amines is 1. The second kappa shape index (κ2) is 9.25. The van der Waals surface area contributed by atoms with E-state index in [4.69, 9.17) is 0 Å². The van der Waals surface area contributed by atoms with E-state index >= 15 is 0 Å². The molecule has 39 heavy (non-hydrogen) atoms. The fourth-order valence-corrected chi connectivity index (χ4v) is 6.51. The number of carbonyl (C=O) groups is 2. The number of fused-ring (bicyclic) bond motifs is 4. The minimum absolute atomic E-state index is 0.194.